The summed E-state index contributed by atoms with van der Waals surface area (Å²) < 4.78 is 8.71. The first kappa shape index (κ1) is 26.8. The van der Waals surface area contributed by atoms with Crippen molar-refractivity contribution in [3.63, 3.8) is 0 Å². The minimum atomic E-state index is -0.876. The summed E-state index contributed by atoms with van der Waals surface area (Å²) in [4.78, 5) is 31.0. The number of carbonyl (C=O) groups excluding carboxylic acids is 1. The summed E-state index contributed by atoms with van der Waals surface area (Å²) in [5, 5.41) is 11.0. The lowest BCUT2D eigenvalue weighted by molar-refractivity contribution is -0.135. The molecule has 0 bridgehead atoms. The van der Waals surface area contributed by atoms with Gasteiger partial charge in [-0.3, -0.25) is 9.69 Å². The summed E-state index contributed by atoms with van der Waals surface area (Å²) in [6.45, 7) is 5.00. The number of likely N-dealkylation sites (tertiary alicyclic amines) is 1. The Morgan fingerprint density at radius 1 is 0.974 bits per heavy atom. The quantitative estimate of drug-likeness (QED) is 0.365. The van der Waals surface area contributed by atoms with Crippen LogP contribution in [-0.4, -0.2) is 70.7 Å². The number of hydrogen-bond acceptors (Lipinski definition) is 5. The number of carboxylic acid groups (broad SMARTS) is 1. The molecule has 9 heteroatoms. The molecule has 1 aromatic carbocycles. The van der Waals surface area contributed by atoms with Crippen LogP contribution in [0.15, 0.2) is 24.3 Å². The van der Waals surface area contributed by atoms with Crippen molar-refractivity contribution in [1.82, 2.24) is 14.4 Å². The Labute approximate surface area is 238 Å². The van der Waals surface area contributed by atoms with Crippen LogP contribution in [0, 0.1) is 0 Å². The van der Waals surface area contributed by atoms with Crippen LogP contribution in [0.5, 0.6) is 0 Å². The molecule has 1 N–H and O–H groups in total. The number of amides is 1. The molecule has 3 aromatic rings. The molecule has 4 heterocycles. The number of nitrogens with zero attached hydrogens (tertiary/aromatic N) is 3. The number of ether oxygens (including phenoxy) is 1. The van der Waals surface area contributed by atoms with Crippen LogP contribution < -0.4 is 0 Å². The van der Waals surface area contributed by atoms with E-state index in [0.29, 0.717) is 48.7 Å². The van der Waals surface area contributed by atoms with Gasteiger partial charge >= 0.3 is 5.97 Å². The summed E-state index contributed by atoms with van der Waals surface area (Å²) >= 11 is 7.71. The predicted octanol–water partition coefficient (Wildman–Crippen LogP) is 6.22. The first-order valence-corrected chi connectivity index (χ1v) is 15.5. The van der Waals surface area contributed by atoms with Crippen LogP contribution in [0.2, 0.25) is 5.02 Å². The molecular formula is C30H36ClN3O4S. The maximum absolute atomic E-state index is 13.7. The van der Waals surface area contributed by atoms with Crippen LogP contribution in [-0.2, 0) is 22.6 Å². The molecular weight excluding hydrogens is 534 g/mol. The Morgan fingerprint density at radius 3 is 2.33 bits per heavy atom. The number of aromatic nitrogens is 1. The van der Waals surface area contributed by atoms with Crippen LogP contribution in [0.3, 0.4) is 0 Å². The van der Waals surface area contributed by atoms with Gasteiger partial charge in [0.15, 0.2) is 0 Å². The molecule has 0 atom stereocenters. The third kappa shape index (κ3) is 5.36. The molecule has 7 nitrogen and oxygen atoms in total. The summed E-state index contributed by atoms with van der Waals surface area (Å²) in [6, 6.07) is 7.90. The molecule has 6 rings (SSSR count). The van der Waals surface area contributed by atoms with Gasteiger partial charge < -0.3 is 19.3 Å². The van der Waals surface area contributed by atoms with Gasteiger partial charge in [0.2, 0.25) is 5.91 Å². The van der Waals surface area contributed by atoms with E-state index in [-0.39, 0.29) is 12.5 Å². The first-order valence-electron chi connectivity index (χ1n) is 14.3. The Kier molecular flexibility index (Phi) is 7.98. The molecule has 1 amide bonds. The highest BCUT2D eigenvalue weighted by Gasteiger charge is 2.33. The Bertz CT molecular complexity index is 1350. The lowest BCUT2D eigenvalue weighted by Gasteiger charge is -2.28. The molecule has 0 spiro atoms. The van der Waals surface area contributed by atoms with E-state index in [1.807, 2.05) is 29.2 Å². The number of carbonyl (C=O) groups is 2. The number of halogens is 1. The zero-order valence-electron chi connectivity index (χ0n) is 22.3. The van der Waals surface area contributed by atoms with Gasteiger partial charge in [-0.2, -0.15) is 0 Å². The normalized spacial score (nSPS) is 19.3. The second kappa shape index (κ2) is 11.6. The molecule has 0 radical (unpaired) electrons. The topological polar surface area (TPSA) is 75.0 Å². The van der Waals surface area contributed by atoms with Gasteiger partial charge in [-0.25, -0.2) is 4.79 Å². The lowest BCUT2D eigenvalue weighted by Crippen LogP contribution is -2.42. The third-order valence-corrected chi connectivity index (χ3v) is 10.1. The largest absolute Gasteiger partial charge is 0.477 e. The van der Waals surface area contributed by atoms with Crippen molar-refractivity contribution in [2.75, 3.05) is 39.4 Å². The number of fused-ring (bicyclic) bond motifs is 1. The molecule has 1 aliphatic carbocycles. The van der Waals surface area contributed by atoms with Gasteiger partial charge in [-0.1, -0.05) is 43.0 Å². The highest BCUT2D eigenvalue weighted by molar-refractivity contribution is 7.21. The molecule has 208 valence electrons. The van der Waals surface area contributed by atoms with E-state index in [2.05, 4.69) is 9.47 Å². The fourth-order valence-electron chi connectivity index (χ4n) is 6.67. The highest BCUT2D eigenvalue weighted by Crippen LogP contribution is 2.49. The maximum Gasteiger partial charge on any atom is 0.346 e. The van der Waals surface area contributed by atoms with Gasteiger partial charge in [0.25, 0.3) is 0 Å². The zero-order valence-corrected chi connectivity index (χ0v) is 23.9. The predicted molar refractivity (Wildman–Crippen MR) is 155 cm³/mol. The van der Waals surface area contributed by atoms with Crippen molar-refractivity contribution in [3.05, 3.63) is 45.3 Å². The fourth-order valence-corrected chi connectivity index (χ4v) is 8.07. The molecule has 39 heavy (non-hydrogen) atoms. The number of rotatable bonds is 7. The van der Waals surface area contributed by atoms with Gasteiger partial charge in [-0.15, -0.1) is 11.3 Å². The molecule has 2 aliphatic heterocycles. The van der Waals surface area contributed by atoms with Crippen LogP contribution in [0.1, 0.15) is 71.7 Å². The van der Waals surface area contributed by atoms with Crippen molar-refractivity contribution < 1.29 is 19.4 Å². The van der Waals surface area contributed by atoms with Crippen LogP contribution >= 0.6 is 22.9 Å². The molecule has 3 aliphatic rings. The third-order valence-electron chi connectivity index (χ3n) is 8.58. The second-order valence-electron chi connectivity index (χ2n) is 11.1. The number of aromatic carboxylic acids is 1. The Hall–Kier alpha value is -2.39. The second-order valence-corrected chi connectivity index (χ2v) is 12.5. The van der Waals surface area contributed by atoms with E-state index in [1.165, 1.54) is 36.2 Å². The van der Waals surface area contributed by atoms with Gasteiger partial charge in [0.1, 0.15) is 11.4 Å². The van der Waals surface area contributed by atoms with Crippen LogP contribution in [0.25, 0.3) is 21.5 Å². The number of benzene rings is 1. The van der Waals surface area contributed by atoms with Gasteiger partial charge in [-0.05, 0) is 68.0 Å². The zero-order chi connectivity index (χ0) is 26.9. The summed E-state index contributed by atoms with van der Waals surface area (Å²) in [5.41, 5.74) is 5.11. The van der Waals surface area contributed by atoms with E-state index in [4.69, 9.17) is 16.3 Å². The summed E-state index contributed by atoms with van der Waals surface area (Å²) in [5.74, 6) is -0.485. The van der Waals surface area contributed by atoms with E-state index in [9.17, 15) is 14.7 Å². The van der Waals surface area contributed by atoms with E-state index in [1.54, 1.807) is 0 Å². The average molecular weight is 570 g/mol. The number of thiophene rings is 1. The minimum Gasteiger partial charge on any atom is -0.477 e. The standard InChI is InChI=1S/C30H36ClN3O4S/c31-22-10-8-21(9-11-22)26-25(20-6-2-1-3-7-20)29-27(34(26)19-24(35)33-14-16-38-17-15-33)23(28(39-29)30(36)37)18-32-12-4-5-13-32/h8-11,20H,1-7,12-19H2,(H,36,37). The monoisotopic (exact) mass is 569 g/mol. The Morgan fingerprint density at radius 2 is 1.67 bits per heavy atom. The maximum atomic E-state index is 13.7. The average Bonchev–Trinajstić information content (AvgIpc) is 3.67. The fraction of sp³-hybridized carbons (Fsp3) is 0.533. The van der Waals surface area contributed by atoms with Crippen molar-refractivity contribution in [2.45, 2.75) is 64.0 Å². The Balaban J connectivity index is 1.58. The van der Waals surface area contributed by atoms with Crippen molar-refractivity contribution >= 4 is 45.0 Å². The van der Waals surface area contributed by atoms with E-state index < -0.39 is 5.97 Å². The molecule has 1 saturated carbocycles. The first-order chi connectivity index (χ1) is 19.0. The number of hydrogen-bond donors (Lipinski definition) is 1. The van der Waals surface area contributed by atoms with Crippen LogP contribution in [0.4, 0.5) is 0 Å². The highest BCUT2D eigenvalue weighted by atomic mass is 35.5. The van der Waals surface area contributed by atoms with Gasteiger partial charge in [0, 0.05) is 30.2 Å². The summed E-state index contributed by atoms with van der Waals surface area (Å²) in [6.07, 6.45) is 8.00. The van der Waals surface area contributed by atoms with E-state index >= 15 is 0 Å². The van der Waals surface area contributed by atoms with Gasteiger partial charge in [0.05, 0.1) is 29.1 Å². The van der Waals surface area contributed by atoms with E-state index in [0.717, 1.165) is 65.8 Å². The minimum absolute atomic E-state index is 0.0517. The summed E-state index contributed by atoms with van der Waals surface area (Å²) in [7, 11) is 0. The van der Waals surface area contributed by atoms with Crippen molar-refractivity contribution in [2.24, 2.45) is 0 Å². The molecule has 2 aromatic heterocycles. The number of morpholine rings is 1. The molecule has 2 saturated heterocycles. The SMILES string of the molecule is O=C(O)c1sc2c(C3CCCCC3)c(-c3ccc(Cl)cc3)n(CC(=O)N3CCOCC3)c2c1CN1CCCC1. The molecule has 3 fully saturated rings. The lowest BCUT2D eigenvalue weighted by atomic mass is 9.83. The molecule has 0 unspecified atom stereocenters. The number of carboxylic acids is 1. The van der Waals surface area contributed by atoms with Crippen molar-refractivity contribution in [1.29, 1.82) is 0 Å². The van der Waals surface area contributed by atoms with Crippen molar-refractivity contribution in [3.8, 4) is 11.3 Å². The smallest absolute Gasteiger partial charge is 0.346 e.